The Bertz CT molecular complexity index is 501. The van der Waals surface area contributed by atoms with Crippen LogP contribution in [-0.2, 0) is 9.59 Å². The summed E-state index contributed by atoms with van der Waals surface area (Å²) >= 11 is 0. The van der Waals surface area contributed by atoms with E-state index in [-0.39, 0.29) is 18.4 Å². The number of carbonyl (C=O) groups is 3. The van der Waals surface area contributed by atoms with E-state index < -0.39 is 18.0 Å². The number of urea groups is 1. The molecular formula is C13H15N3O3. The number of hydrogen-bond acceptors (Lipinski definition) is 3. The summed E-state index contributed by atoms with van der Waals surface area (Å²) in [4.78, 5) is 34.0. The Labute approximate surface area is 110 Å². The molecule has 0 bridgehead atoms. The van der Waals surface area contributed by atoms with Crippen LogP contribution in [0.3, 0.4) is 0 Å². The SMILES string of the molecule is C[C@H](NC(=O)C[C@@H]1NC(=O)NC1=O)c1ccccc1. The van der Waals surface area contributed by atoms with Crippen LogP contribution in [0.25, 0.3) is 0 Å². The second-order valence-electron chi connectivity index (χ2n) is 4.42. The first kappa shape index (κ1) is 13.1. The minimum absolute atomic E-state index is 0.0608. The molecule has 100 valence electrons. The summed E-state index contributed by atoms with van der Waals surface area (Å²) in [6.45, 7) is 1.86. The van der Waals surface area contributed by atoms with Gasteiger partial charge in [-0.15, -0.1) is 0 Å². The molecule has 1 aliphatic heterocycles. The number of benzene rings is 1. The highest BCUT2D eigenvalue weighted by Gasteiger charge is 2.31. The third-order valence-corrected chi connectivity index (χ3v) is 2.93. The van der Waals surface area contributed by atoms with Crippen molar-refractivity contribution in [1.82, 2.24) is 16.0 Å². The standard InChI is InChI=1S/C13H15N3O3/c1-8(9-5-3-2-4-6-9)14-11(17)7-10-12(18)16-13(19)15-10/h2-6,8,10H,7H2,1H3,(H,14,17)(H2,15,16,18,19)/t8-,10-/m0/s1. The molecule has 2 atom stereocenters. The number of imide groups is 1. The van der Waals surface area contributed by atoms with Crippen molar-refractivity contribution < 1.29 is 14.4 Å². The van der Waals surface area contributed by atoms with Crippen molar-refractivity contribution in [2.24, 2.45) is 0 Å². The molecule has 1 aromatic carbocycles. The molecule has 3 N–H and O–H groups in total. The molecule has 2 rings (SSSR count). The lowest BCUT2D eigenvalue weighted by Gasteiger charge is -2.15. The minimum atomic E-state index is -0.782. The van der Waals surface area contributed by atoms with Gasteiger partial charge in [0.2, 0.25) is 5.91 Å². The fourth-order valence-electron chi connectivity index (χ4n) is 1.91. The van der Waals surface area contributed by atoms with Crippen LogP contribution in [0.1, 0.15) is 24.9 Å². The molecule has 0 spiro atoms. The normalized spacial score (nSPS) is 19.5. The predicted octanol–water partition coefficient (Wildman–Crippen LogP) is 0.462. The number of hydrogen-bond donors (Lipinski definition) is 3. The number of carbonyl (C=O) groups excluding carboxylic acids is 3. The fourth-order valence-corrected chi connectivity index (χ4v) is 1.91. The van der Waals surface area contributed by atoms with Gasteiger partial charge in [-0.25, -0.2) is 4.79 Å². The summed E-state index contributed by atoms with van der Waals surface area (Å²) in [6.07, 6.45) is -0.0608. The maximum Gasteiger partial charge on any atom is 0.322 e. The van der Waals surface area contributed by atoms with Gasteiger partial charge in [-0.1, -0.05) is 30.3 Å². The number of rotatable bonds is 4. The quantitative estimate of drug-likeness (QED) is 0.688. The van der Waals surface area contributed by atoms with Crippen LogP contribution in [0.15, 0.2) is 30.3 Å². The second kappa shape index (κ2) is 5.51. The molecule has 19 heavy (non-hydrogen) atoms. The molecule has 1 aliphatic rings. The number of nitrogens with one attached hydrogen (secondary N) is 3. The van der Waals surface area contributed by atoms with E-state index in [9.17, 15) is 14.4 Å². The van der Waals surface area contributed by atoms with Crippen LogP contribution in [0.4, 0.5) is 4.79 Å². The smallest absolute Gasteiger partial charge is 0.322 e. The van der Waals surface area contributed by atoms with Crippen molar-refractivity contribution >= 4 is 17.8 Å². The van der Waals surface area contributed by atoms with E-state index >= 15 is 0 Å². The van der Waals surface area contributed by atoms with E-state index in [1.807, 2.05) is 37.3 Å². The van der Waals surface area contributed by atoms with Crippen LogP contribution < -0.4 is 16.0 Å². The van der Waals surface area contributed by atoms with Gasteiger partial charge in [0.05, 0.1) is 12.5 Å². The van der Waals surface area contributed by atoms with E-state index in [0.717, 1.165) is 5.56 Å². The van der Waals surface area contributed by atoms with Gasteiger partial charge in [-0.2, -0.15) is 0 Å². The van der Waals surface area contributed by atoms with Crippen molar-refractivity contribution in [1.29, 1.82) is 0 Å². The zero-order chi connectivity index (χ0) is 13.8. The van der Waals surface area contributed by atoms with Crippen molar-refractivity contribution in [2.45, 2.75) is 25.4 Å². The maximum absolute atomic E-state index is 11.8. The first-order chi connectivity index (χ1) is 9.06. The van der Waals surface area contributed by atoms with Gasteiger partial charge >= 0.3 is 6.03 Å². The van der Waals surface area contributed by atoms with Crippen LogP contribution in [-0.4, -0.2) is 23.9 Å². The average Bonchev–Trinajstić information content (AvgIpc) is 2.68. The number of amides is 4. The molecule has 0 saturated carbocycles. The highest BCUT2D eigenvalue weighted by molar-refractivity contribution is 6.05. The molecule has 4 amide bonds. The molecule has 0 aromatic heterocycles. The topological polar surface area (TPSA) is 87.3 Å². The zero-order valence-electron chi connectivity index (χ0n) is 10.5. The van der Waals surface area contributed by atoms with Gasteiger partial charge in [-0.05, 0) is 12.5 Å². The Morgan fingerprint density at radius 2 is 2.00 bits per heavy atom. The molecular weight excluding hydrogens is 246 g/mol. The molecule has 0 radical (unpaired) electrons. The second-order valence-corrected chi connectivity index (χ2v) is 4.42. The summed E-state index contributed by atoms with van der Waals surface area (Å²) in [5.41, 5.74) is 0.982. The molecule has 6 heteroatoms. The lowest BCUT2D eigenvalue weighted by molar-refractivity contribution is -0.126. The largest absolute Gasteiger partial charge is 0.350 e. The van der Waals surface area contributed by atoms with Gasteiger partial charge in [0.25, 0.3) is 5.91 Å². The Balaban J connectivity index is 1.88. The summed E-state index contributed by atoms with van der Waals surface area (Å²) in [5.74, 6) is -0.744. The Morgan fingerprint density at radius 3 is 2.58 bits per heavy atom. The fraction of sp³-hybridized carbons (Fsp3) is 0.308. The Hall–Kier alpha value is -2.37. The monoisotopic (exact) mass is 261 g/mol. The lowest BCUT2D eigenvalue weighted by atomic mass is 10.1. The highest BCUT2D eigenvalue weighted by atomic mass is 16.2. The van der Waals surface area contributed by atoms with Crippen molar-refractivity contribution in [3.63, 3.8) is 0 Å². The average molecular weight is 261 g/mol. The van der Waals surface area contributed by atoms with Crippen molar-refractivity contribution in [3.8, 4) is 0 Å². The molecule has 1 aromatic rings. The maximum atomic E-state index is 11.8. The van der Waals surface area contributed by atoms with E-state index in [1.165, 1.54) is 0 Å². The third kappa shape index (κ3) is 3.31. The zero-order valence-corrected chi connectivity index (χ0v) is 10.5. The van der Waals surface area contributed by atoms with Crippen LogP contribution in [0, 0.1) is 0 Å². The Morgan fingerprint density at radius 1 is 1.32 bits per heavy atom. The Kier molecular flexibility index (Phi) is 3.79. The highest BCUT2D eigenvalue weighted by Crippen LogP contribution is 2.11. The van der Waals surface area contributed by atoms with Crippen LogP contribution in [0.2, 0.25) is 0 Å². The summed E-state index contributed by atoms with van der Waals surface area (Å²) in [5, 5.41) is 7.26. The first-order valence-corrected chi connectivity index (χ1v) is 6.02. The van der Waals surface area contributed by atoms with Gasteiger partial charge in [-0.3, -0.25) is 14.9 Å². The van der Waals surface area contributed by atoms with E-state index in [0.29, 0.717) is 0 Å². The van der Waals surface area contributed by atoms with Crippen molar-refractivity contribution in [3.05, 3.63) is 35.9 Å². The minimum Gasteiger partial charge on any atom is -0.350 e. The van der Waals surface area contributed by atoms with E-state index in [2.05, 4.69) is 16.0 Å². The van der Waals surface area contributed by atoms with Crippen LogP contribution >= 0.6 is 0 Å². The third-order valence-electron chi connectivity index (χ3n) is 2.93. The predicted molar refractivity (Wildman–Crippen MR) is 68.1 cm³/mol. The van der Waals surface area contributed by atoms with Crippen molar-refractivity contribution in [2.75, 3.05) is 0 Å². The molecule has 0 aliphatic carbocycles. The first-order valence-electron chi connectivity index (χ1n) is 6.02. The molecule has 6 nitrogen and oxygen atoms in total. The van der Waals surface area contributed by atoms with Gasteiger partial charge in [0.15, 0.2) is 0 Å². The van der Waals surface area contributed by atoms with Gasteiger partial charge in [0, 0.05) is 0 Å². The van der Waals surface area contributed by atoms with Gasteiger partial charge in [0.1, 0.15) is 6.04 Å². The molecule has 1 heterocycles. The van der Waals surface area contributed by atoms with Gasteiger partial charge < -0.3 is 10.6 Å². The summed E-state index contributed by atoms with van der Waals surface area (Å²) in [6, 6.07) is 8.02. The lowest BCUT2D eigenvalue weighted by Crippen LogP contribution is -2.37. The summed E-state index contributed by atoms with van der Waals surface area (Å²) in [7, 11) is 0. The molecule has 1 fully saturated rings. The molecule has 1 saturated heterocycles. The summed E-state index contributed by atoms with van der Waals surface area (Å²) < 4.78 is 0. The van der Waals surface area contributed by atoms with E-state index in [1.54, 1.807) is 0 Å². The molecule has 0 unspecified atom stereocenters. The van der Waals surface area contributed by atoms with E-state index in [4.69, 9.17) is 0 Å². The van der Waals surface area contributed by atoms with Crippen LogP contribution in [0.5, 0.6) is 0 Å².